The molecule has 0 fully saturated rings. The standard InChI is InChI=1S/C17H14FNO2/c18-16-9-3-7-14(11-16)17(21)19-12-15-6-2-1-5-13(15)8-4-10-20/h1-3,5-7,9,11,20H,10,12H2,(H,19,21). The number of halogens is 1. The maximum Gasteiger partial charge on any atom is 0.251 e. The first-order valence-electron chi connectivity index (χ1n) is 6.42. The van der Waals surface area contributed by atoms with Crippen molar-refractivity contribution in [1.29, 1.82) is 0 Å². The molecule has 0 aromatic heterocycles. The highest BCUT2D eigenvalue weighted by molar-refractivity contribution is 5.94. The van der Waals surface area contributed by atoms with Crippen LogP contribution >= 0.6 is 0 Å². The summed E-state index contributed by atoms with van der Waals surface area (Å²) in [7, 11) is 0. The van der Waals surface area contributed by atoms with E-state index in [1.807, 2.05) is 24.3 Å². The summed E-state index contributed by atoms with van der Waals surface area (Å²) < 4.78 is 13.1. The summed E-state index contributed by atoms with van der Waals surface area (Å²) in [5.41, 5.74) is 1.85. The van der Waals surface area contributed by atoms with Crippen LogP contribution in [0.3, 0.4) is 0 Å². The molecule has 0 aliphatic rings. The van der Waals surface area contributed by atoms with Gasteiger partial charge >= 0.3 is 0 Å². The van der Waals surface area contributed by atoms with Crippen LogP contribution in [0.4, 0.5) is 4.39 Å². The predicted octanol–water partition coefficient (Wildman–Crippen LogP) is 2.10. The highest BCUT2D eigenvalue weighted by Gasteiger charge is 2.07. The molecule has 0 unspecified atom stereocenters. The van der Waals surface area contributed by atoms with Crippen molar-refractivity contribution in [3.63, 3.8) is 0 Å². The van der Waals surface area contributed by atoms with Gasteiger partial charge in [-0.3, -0.25) is 4.79 Å². The van der Waals surface area contributed by atoms with Crippen LogP contribution in [0.2, 0.25) is 0 Å². The molecule has 0 saturated heterocycles. The van der Waals surface area contributed by atoms with Gasteiger partial charge in [0.1, 0.15) is 12.4 Å². The minimum Gasteiger partial charge on any atom is -0.384 e. The lowest BCUT2D eigenvalue weighted by Gasteiger charge is -2.07. The Morgan fingerprint density at radius 1 is 1.19 bits per heavy atom. The van der Waals surface area contributed by atoms with Crippen molar-refractivity contribution >= 4 is 5.91 Å². The Hall–Kier alpha value is -2.64. The molecular weight excluding hydrogens is 269 g/mol. The van der Waals surface area contributed by atoms with Crippen molar-refractivity contribution in [3.05, 3.63) is 71.0 Å². The Balaban J connectivity index is 2.08. The monoisotopic (exact) mass is 283 g/mol. The number of rotatable bonds is 3. The fourth-order valence-electron chi connectivity index (χ4n) is 1.84. The van der Waals surface area contributed by atoms with Gasteiger partial charge in [0.05, 0.1) is 0 Å². The van der Waals surface area contributed by atoms with E-state index >= 15 is 0 Å². The number of amides is 1. The highest BCUT2D eigenvalue weighted by Crippen LogP contribution is 2.08. The minimum atomic E-state index is -0.447. The third-order valence-corrected chi connectivity index (χ3v) is 2.85. The van der Waals surface area contributed by atoms with Crippen LogP contribution in [0.1, 0.15) is 21.5 Å². The topological polar surface area (TPSA) is 49.3 Å². The normalized spacial score (nSPS) is 9.62. The maximum absolute atomic E-state index is 13.1. The number of aliphatic hydroxyl groups excluding tert-OH is 1. The number of aliphatic hydroxyl groups is 1. The number of benzene rings is 2. The Morgan fingerprint density at radius 2 is 2.00 bits per heavy atom. The summed E-state index contributed by atoms with van der Waals surface area (Å²) >= 11 is 0. The van der Waals surface area contributed by atoms with E-state index in [1.54, 1.807) is 6.07 Å². The van der Waals surface area contributed by atoms with Crippen LogP contribution in [0, 0.1) is 17.7 Å². The number of hydrogen-bond donors (Lipinski definition) is 2. The first kappa shape index (κ1) is 14.8. The molecule has 0 spiro atoms. The van der Waals surface area contributed by atoms with Crippen LogP contribution in [0.15, 0.2) is 48.5 Å². The van der Waals surface area contributed by atoms with Gasteiger partial charge in [-0.05, 0) is 29.8 Å². The van der Waals surface area contributed by atoms with Crippen LogP contribution in [-0.4, -0.2) is 17.6 Å². The lowest BCUT2D eigenvalue weighted by molar-refractivity contribution is 0.0950. The first-order chi connectivity index (χ1) is 10.2. The number of carbonyl (C=O) groups is 1. The number of hydrogen-bond acceptors (Lipinski definition) is 2. The molecule has 2 rings (SSSR count). The van der Waals surface area contributed by atoms with Crippen molar-refractivity contribution in [2.45, 2.75) is 6.54 Å². The van der Waals surface area contributed by atoms with Crippen LogP contribution in [-0.2, 0) is 6.54 Å². The summed E-state index contributed by atoms with van der Waals surface area (Å²) in [6.45, 7) is 0.0651. The lowest BCUT2D eigenvalue weighted by Crippen LogP contribution is -2.23. The molecule has 21 heavy (non-hydrogen) atoms. The molecule has 106 valence electrons. The quantitative estimate of drug-likeness (QED) is 0.848. The van der Waals surface area contributed by atoms with E-state index in [4.69, 9.17) is 5.11 Å². The van der Waals surface area contributed by atoms with Gasteiger partial charge in [-0.1, -0.05) is 36.1 Å². The molecule has 2 N–H and O–H groups in total. The summed E-state index contributed by atoms with van der Waals surface area (Å²) in [6, 6.07) is 12.8. The fourth-order valence-corrected chi connectivity index (χ4v) is 1.84. The smallest absolute Gasteiger partial charge is 0.251 e. The van der Waals surface area contributed by atoms with E-state index in [0.29, 0.717) is 0 Å². The third-order valence-electron chi connectivity index (χ3n) is 2.85. The average molecular weight is 283 g/mol. The van der Waals surface area contributed by atoms with E-state index < -0.39 is 5.82 Å². The van der Waals surface area contributed by atoms with E-state index in [2.05, 4.69) is 17.2 Å². The number of nitrogens with one attached hydrogen (secondary N) is 1. The molecule has 0 heterocycles. The molecule has 0 saturated carbocycles. The Morgan fingerprint density at radius 3 is 2.76 bits per heavy atom. The van der Waals surface area contributed by atoms with Gasteiger partial charge < -0.3 is 10.4 Å². The second-order valence-corrected chi connectivity index (χ2v) is 4.31. The van der Waals surface area contributed by atoms with Gasteiger partial charge in [-0.2, -0.15) is 0 Å². The van der Waals surface area contributed by atoms with Crippen molar-refractivity contribution in [3.8, 4) is 11.8 Å². The van der Waals surface area contributed by atoms with Crippen molar-refractivity contribution < 1.29 is 14.3 Å². The maximum atomic E-state index is 13.1. The van der Waals surface area contributed by atoms with Gasteiger partial charge in [0.25, 0.3) is 5.91 Å². The summed E-state index contributed by atoms with van der Waals surface area (Å²) in [6.07, 6.45) is 0. The molecule has 0 aliphatic heterocycles. The molecular formula is C17H14FNO2. The van der Waals surface area contributed by atoms with E-state index in [0.717, 1.165) is 11.1 Å². The molecule has 4 heteroatoms. The van der Waals surface area contributed by atoms with Gasteiger partial charge in [0.15, 0.2) is 0 Å². The lowest BCUT2D eigenvalue weighted by atomic mass is 10.1. The molecule has 0 atom stereocenters. The van der Waals surface area contributed by atoms with E-state index in [1.165, 1.54) is 18.2 Å². The van der Waals surface area contributed by atoms with Gasteiger partial charge in [-0.25, -0.2) is 4.39 Å². The fraction of sp³-hybridized carbons (Fsp3) is 0.118. The molecule has 0 bridgehead atoms. The Labute approximate surface area is 122 Å². The second-order valence-electron chi connectivity index (χ2n) is 4.31. The van der Waals surface area contributed by atoms with Gasteiger partial charge in [-0.15, -0.1) is 0 Å². The molecule has 0 radical (unpaired) electrons. The zero-order chi connectivity index (χ0) is 15.1. The highest BCUT2D eigenvalue weighted by atomic mass is 19.1. The van der Waals surface area contributed by atoms with Gasteiger partial charge in [0, 0.05) is 17.7 Å². The summed E-state index contributed by atoms with van der Waals surface area (Å²) in [5, 5.41) is 11.5. The summed E-state index contributed by atoms with van der Waals surface area (Å²) in [4.78, 5) is 11.9. The largest absolute Gasteiger partial charge is 0.384 e. The second kappa shape index (κ2) is 7.22. The van der Waals surface area contributed by atoms with Crippen molar-refractivity contribution in [2.24, 2.45) is 0 Å². The van der Waals surface area contributed by atoms with Crippen LogP contribution < -0.4 is 5.32 Å². The molecule has 2 aromatic rings. The Kier molecular flexibility index (Phi) is 5.08. The first-order valence-corrected chi connectivity index (χ1v) is 6.42. The average Bonchev–Trinajstić information content (AvgIpc) is 2.51. The minimum absolute atomic E-state index is 0.218. The van der Waals surface area contributed by atoms with Gasteiger partial charge in [0.2, 0.25) is 0 Å². The predicted molar refractivity (Wildman–Crippen MR) is 78.0 cm³/mol. The molecule has 0 aliphatic carbocycles. The zero-order valence-corrected chi connectivity index (χ0v) is 11.3. The molecule has 3 nitrogen and oxygen atoms in total. The molecule has 1 amide bonds. The van der Waals surface area contributed by atoms with E-state index in [9.17, 15) is 9.18 Å². The van der Waals surface area contributed by atoms with E-state index in [-0.39, 0.29) is 24.6 Å². The molecule has 2 aromatic carbocycles. The zero-order valence-electron chi connectivity index (χ0n) is 11.3. The van der Waals surface area contributed by atoms with Crippen LogP contribution in [0.25, 0.3) is 0 Å². The SMILES string of the molecule is O=C(NCc1ccccc1C#CCO)c1cccc(F)c1. The van der Waals surface area contributed by atoms with Crippen LogP contribution in [0.5, 0.6) is 0 Å². The summed E-state index contributed by atoms with van der Waals surface area (Å²) in [5.74, 6) is 4.60. The van der Waals surface area contributed by atoms with Crippen molar-refractivity contribution in [1.82, 2.24) is 5.32 Å². The third kappa shape index (κ3) is 4.16. The number of carbonyl (C=O) groups excluding carboxylic acids is 1. The van der Waals surface area contributed by atoms with Crippen molar-refractivity contribution in [2.75, 3.05) is 6.61 Å². The Bertz CT molecular complexity index is 701.